The largest absolute Gasteiger partial charge is 0.481 e. The fourth-order valence-electron chi connectivity index (χ4n) is 7.77. The summed E-state index contributed by atoms with van der Waals surface area (Å²) in [5.74, 6) is 0.729. The molecule has 0 amide bonds. The van der Waals surface area contributed by atoms with E-state index < -0.39 is 5.97 Å². The second-order valence-corrected chi connectivity index (χ2v) is 9.75. The molecule has 0 saturated heterocycles. The maximum absolute atomic E-state index is 11.7. The number of rotatable bonds is 1. The van der Waals surface area contributed by atoms with Crippen LogP contribution in [-0.4, -0.2) is 33.5 Å². The second kappa shape index (κ2) is 5.44. The number of aliphatic carboxylic acids is 1. The summed E-state index contributed by atoms with van der Waals surface area (Å²) in [7, 11) is 0. The highest BCUT2D eigenvalue weighted by atomic mass is 16.4. The zero-order valence-electron chi connectivity index (χ0n) is 14.9. The van der Waals surface area contributed by atoms with Gasteiger partial charge in [-0.05, 0) is 85.9 Å². The number of carboxylic acid groups (broad SMARTS) is 1. The van der Waals surface area contributed by atoms with Gasteiger partial charge >= 0.3 is 5.97 Å². The zero-order chi connectivity index (χ0) is 17.3. The Morgan fingerprint density at radius 2 is 1.75 bits per heavy atom. The number of fused-ring (bicyclic) bond motifs is 5. The lowest BCUT2D eigenvalue weighted by Crippen LogP contribution is -2.59. The average molecular weight is 336 g/mol. The molecule has 0 aromatic rings. The third-order valence-corrected chi connectivity index (χ3v) is 8.86. The predicted octanol–water partition coefficient (Wildman–Crippen LogP) is 3.06. The summed E-state index contributed by atoms with van der Waals surface area (Å²) in [4.78, 5) is 11.7. The van der Waals surface area contributed by atoms with Crippen LogP contribution in [0.5, 0.6) is 0 Å². The average Bonchev–Trinajstić information content (AvgIpc) is 2.84. The molecule has 4 saturated carbocycles. The molecule has 0 heterocycles. The Morgan fingerprint density at radius 1 is 1.00 bits per heavy atom. The molecule has 0 spiro atoms. The van der Waals surface area contributed by atoms with Gasteiger partial charge in [0.25, 0.3) is 0 Å². The standard InChI is InChI=1S/C20H32O4/c1-19-8-7-12(21)9-11(19)3-4-13-14-5-6-15(18(23)24)20(14,2)10-16(22)17(13)19/h11-17,21-22H,3-10H2,1-2H3,(H,23,24)/t11?,12-,13-,14-,15+,16-,17+,19-,20-/m0/s1. The lowest BCUT2D eigenvalue weighted by Gasteiger charge is -2.62. The lowest BCUT2D eigenvalue weighted by atomic mass is 9.44. The van der Waals surface area contributed by atoms with Gasteiger partial charge in [0.1, 0.15) is 0 Å². The highest BCUT2D eigenvalue weighted by Gasteiger charge is 2.64. The first-order valence-electron chi connectivity index (χ1n) is 9.86. The first-order chi connectivity index (χ1) is 11.3. The molecule has 136 valence electrons. The van der Waals surface area contributed by atoms with Crippen LogP contribution in [0, 0.1) is 40.4 Å². The van der Waals surface area contributed by atoms with Gasteiger partial charge in [-0.25, -0.2) is 0 Å². The molecule has 4 rings (SSSR count). The fraction of sp³-hybridized carbons (Fsp3) is 0.950. The van der Waals surface area contributed by atoms with Crippen molar-refractivity contribution in [2.24, 2.45) is 40.4 Å². The summed E-state index contributed by atoms with van der Waals surface area (Å²) in [6.45, 7) is 4.47. The monoisotopic (exact) mass is 336 g/mol. The molecule has 4 aliphatic rings. The Balaban J connectivity index is 1.67. The first-order valence-corrected chi connectivity index (χ1v) is 9.86. The molecule has 24 heavy (non-hydrogen) atoms. The van der Waals surface area contributed by atoms with E-state index in [1.165, 1.54) is 0 Å². The van der Waals surface area contributed by atoms with Crippen molar-refractivity contribution in [1.29, 1.82) is 0 Å². The van der Waals surface area contributed by atoms with Gasteiger partial charge in [-0.15, -0.1) is 0 Å². The lowest BCUT2D eigenvalue weighted by molar-refractivity contribution is -0.182. The molecule has 3 N–H and O–H groups in total. The van der Waals surface area contributed by atoms with E-state index in [0.717, 1.165) is 44.9 Å². The van der Waals surface area contributed by atoms with Crippen molar-refractivity contribution in [3.05, 3.63) is 0 Å². The van der Waals surface area contributed by atoms with Crippen LogP contribution >= 0.6 is 0 Å². The Morgan fingerprint density at radius 3 is 2.46 bits per heavy atom. The molecule has 4 nitrogen and oxygen atoms in total. The SMILES string of the molecule is C[C@]12C[C@H](O)[C@H]3[C@@H](CCC4C[C@@H](O)CC[C@@]43C)[C@@H]1CC[C@@H]2C(=O)O. The highest BCUT2D eigenvalue weighted by Crippen LogP contribution is 2.67. The number of hydrogen-bond acceptors (Lipinski definition) is 3. The maximum atomic E-state index is 11.7. The predicted molar refractivity (Wildman–Crippen MR) is 90.2 cm³/mol. The van der Waals surface area contributed by atoms with Crippen LogP contribution in [0.4, 0.5) is 0 Å². The normalized spacial score (nSPS) is 56.9. The van der Waals surface area contributed by atoms with Crippen LogP contribution in [0.3, 0.4) is 0 Å². The smallest absolute Gasteiger partial charge is 0.307 e. The van der Waals surface area contributed by atoms with E-state index in [0.29, 0.717) is 24.2 Å². The number of aliphatic hydroxyl groups is 2. The van der Waals surface area contributed by atoms with Crippen molar-refractivity contribution in [3.8, 4) is 0 Å². The van der Waals surface area contributed by atoms with Crippen LogP contribution in [-0.2, 0) is 4.79 Å². The quantitative estimate of drug-likeness (QED) is 0.688. The fourth-order valence-corrected chi connectivity index (χ4v) is 7.77. The summed E-state index contributed by atoms with van der Waals surface area (Å²) in [6, 6.07) is 0. The number of carbonyl (C=O) groups is 1. The van der Waals surface area contributed by atoms with Gasteiger partial charge in [0.15, 0.2) is 0 Å². The molecule has 9 atom stereocenters. The highest BCUT2D eigenvalue weighted by molar-refractivity contribution is 5.71. The first kappa shape index (κ1) is 16.8. The van der Waals surface area contributed by atoms with E-state index in [1.54, 1.807) is 0 Å². The van der Waals surface area contributed by atoms with Crippen LogP contribution in [0.15, 0.2) is 0 Å². The van der Waals surface area contributed by atoms with Crippen LogP contribution in [0.25, 0.3) is 0 Å². The van der Waals surface area contributed by atoms with E-state index in [4.69, 9.17) is 0 Å². The minimum atomic E-state index is -0.675. The molecule has 0 aromatic carbocycles. The van der Waals surface area contributed by atoms with Crippen molar-refractivity contribution in [2.75, 3.05) is 0 Å². The van der Waals surface area contributed by atoms with Gasteiger partial charge in [0.05, 0.1) is 18.1 Å². The molecule has 4 aliphatic carbocycles. The summed E-state index contributed by atoms with van der Waals surface area (Å²) in [5, 5.41) is 30.9. The van der Waals surface area contributed by atoms with Crippen molar-refractivity contribution in [2.45, 2.75) is 77.4 Å². The Labute approximate surface area is 144 Å². The van der Waals surface area contributed by atoms with Gasteiger partial charge in [-0.3, -0.25) is 4.79 Å². The van der Waals surface area contributed by atoms with Gasteiger partial charge in [-0.2, -0.15) is 0 Å². The van der Waals surface area contributed by atoms with E-state index in [1.807, 2.05) is 0 Å². The van der Waals surface area contributed by atoms with Crippen LogP contribution in [0.1, 0.15) is 65.2 Å². The molecular weight excluding hydrogens is 304 g/mol. The maximum Gasteiger partial charge on any atom is 0.307 e. The minimum absolute atomic E-state index is 0.115. The number of carboxylic acids is 1. The second-order valence-electron chi connectivity index (χ2n) is 9.75. The molecule has 4 fully saturated rings. The van der Waals surface area contributed by atoms with Crippen LogP contribution < -0.4 is 0 Å². The Bertz CT molecular complexity index is 534. The van der Waals surface area contributed by atoms with E-state index in [-0.39, 0.29) is 34.9 Å². The third-order valence-electron chi connectivity index (χ3n) is 8.86. The molecule has 4 heteroatoms. The Hall–Kier alpha value is -0.610. The summed E-state index contributed by atoms with van der Waals surface area (Å²) < 4.78 is 0. The molecule has 0 radical (unpaired) electrons. The molecular formula is C20H32O4. The number of hydrogen-bond donors (Lipinski definition) is 3. The van der Waals surface area contributed by atoms with Gasteiger partial charge in [0.2, 0.25) is 0 Å². The minimum Gasteiger partial charge on any atom is -0.481 e. The van der Waals surface area contributed by atoms with Gasteiger partial charge in [-0.1, -0.05) is 13.8 Å². The molecule has 1 unspecified atom stereocenters. The summed E-state index contributed by atoms with van der Waals surface area (Å²) in [5.41, 5.74) is -0.131. The summed E-state index contributed by atoms with van der Waals surface area (Å²) in [6.07, 6.45) is 6.81. The van der Waals surface area contributed by atoms with Crippen molar-refractivity contribution >= 4 is 5.97 Å². The van der Waals surface area contributed by atoms with Crippen molar-refractivity contribution in [1.82, 2.24) is 0 Å². The van der Waals surface area contributed by atoms with Gasteiger partial charge < -0.3 is 15.3 Å². The number of aliphatic hydroxyl groups excluding tert-OH is 2. The third kappa shape index (κ3) is 2.14. The van der Waals surface area contributed by atoms with E-state index in [2.05, 4.69) is 13.8 Å². The van der Waals surface area contributed by atoms with E-state index >= 15 is 0 Å². The summed E-state index contributed by atoms with van der Waals surface area (Å²) >= 11 is 0. The molecule has 0 aliphatic heterocycles. The van der Waals surface area contributed by atoms with Crippen molar-refractivity contribution < 1.29 is 20.1 Å². The van der Waals surface area contributed by atoms with E-state index in [9.17, 15) is 20.1 Å². The molecule has 0 bridgehead atoms. The van der Waals surface area contributed by atoms with Crippen LogP contribution in [0.2, 0.25) is 0 Å². The topological polar surface area (TPSA) is 77.8 Å². The van der Waals surface area contributed by atoms with Gasteiger partial charge in [0, 0.05) is 0 Å². The van der Waals surface area contributed by atoms with Crippen molar-refractivity contribution in [3.63, 3.8) is 0 Å². The molecule has 0 aromatic heterocycles. The Kier molecular flexibility index (Phi) is 3.82. The zero-order valence-corrected chi connectivity index (χ0v) is 14.9.